The van der Waals surface area contributed by atoms with Crippen LogP contribution in [0.5, 0.6) is 5.75 Å². The van der Waals surface area contributed by atoms with Gasteiger partial charge in [-0.1, -0.05) is 19.9 Å². The number of hydrogen-bond donors (Lipinski definition) is 3. The molecule has 1 saturated heterocycles. The number of guanidine groups is 1. The van der Waals surface area contributed by atoms with E-state index in [0.717, 1.165) is 18.6 Å². The highest BCUT2D eigenvalue weighted by atomic mass is 127. The van der Waals surface area contributed by atoms with Gasteiger partial charge in [0.05, 0.1) is 6.10 Å². The van der Waals surface area contributed by atoms with E-state index in [9.17, 15) is 9.50 Å². The van der Waals surface area contributed by atoms with Crippen LogP contribution in [0.2, 0.25) is 0 Å². The van der Waals surface area contributed by atoms with Crippen LogP contribution in [0.1, 0.15) is 25.8 Å². The molecule has 0 spiro atoms. The number of aromatic hydroxyl groups is 1. The fourth-order valence-electron chi connectivity index (χ4n) is 3.81. The summed E-state index contributed by atoms with van der Waals surface area (Å²) in [7, 11) is 1.72. The number of halogens is 2. The van der Waals surface area contributed by atoms with Gasteiger partial charge in [-0.15, -0.1) is 24.0 Å². The average molecular weight is 449 g/mol. The first kappa shape index (κ1) is 19.2. The zero-order valence-corrected chi connectivity index (χ0v) is 16.5. The van der Waals surface area contributed by atoms with Crippen molar-refractivity contribution in [1.82, 2.24) is 10.6 Å². The van der Waals surface area contributed by atoms with E-state index in [-0.39, 0.29) is 35.1 Å². The standard InChI is InChI=1S/C17H24FN3O2.HI/c1-17(2)14(11-6-7-23-15(11)17)21-16(19-3)20-9-10-4-5-13(22)12(18)8-10;/h4-5,8,11,14-15,22H,6-7,9H2,1-3H3,(H2,19,20,21);1H. The largest absolute Gasteiger partial charge is 0.505 e. The smallest absolute Gasteiger partial charge is 0.191 e. The Kier molecular flexibility index (Phi) is 5.95. The van der Waals surface area contributed by atoms with Gasteiger partial charge in [0.2, 0.25) is 0 Å². The van der Waals surface area contributed by atoms with Crippen molar-refractivity contribution in [2.24, 2.45) is 16.3 Å². The maximum Gasteiger partial charge on any atom is 0.191 e. The molecule has 1 aliphatic carbocycles. The highest BCUT2D eigenvalue weighted by molar-refractivity contribution is 14.0. The topological polar surface area (TPSA) is 65.9 Å². The monoisotopic (exact) mass is 449 g/mol. The summed E-state index contributed by atoms with van der Waals surface area (Å²) in [4.78, 5) is 4.26. The van der Waals surface area contributed by atoms with Crippen molar-refractivity contribution in [2.45, 2.75) is 39.0 Å². The molecule has 0 bridgehead atoms. The summed E-state index contributed by atoms with van der Waals surface area (Å²) in [5, 5.41) is 15.9. The minimum Gasteiger partial charge on any atom is -0.505 e. The molecule has 0 amide bonds. The summed E-state index contributed by atoms with van der Waals surface area (Å²) in [5.41, 5.74) is 0.821. The van der Waals surface area contributed by atoms with Gasteiger partial charge in [-0.2, -0.15) is 0 Å². The summed E-state index contributed by atoms with van der Waals surface area (Å²) in [6, 6.07) is 4.69. The molecule has 3 unspecified atom stereocenters. The quantitative estimate of drug-likeness (QED) is 0.377. The van der Waals surface area contributed by atoms with Crippen molar-refractivity contribution in [3.8, 4) is 5.75 Å². The molecule has 3 rings (SSSR count). The van der Waals surface area contributed by atoms with Crippen molar-refractivity contribution in [3.05, 3.63) is 29.6 Å². The van der Waals surface area contributed by atoms with Gasteiger partial charge in [-0.3, -0.25) is 4.99 Å². The number of aliphatic imine (C=N–C) groups is 1. The molecule has 1 heterocycles. The Morgan fingerprint density at radius 2 is 2.21 bits per heavy atom. The molecule has 5 nitrogen and oxygen atoms in total. The number of nitrogens with one attached hydrogen (secondary N) is 2. The van der Waals surface area contributed by atoms with Gasteiger partial charge in [0.25, 0.3) is 0 Å². The SMILES string of the molecule is CN=C(NCc1ccc(O)c(F)c1)NC1C2CCOC2C1(C)C.I. The van der Waals surface area contributed by atoms with E-state index < -0.39 is 5.82 Å². The van der Waals surface area contributed by atoms with Crippen LogP contribution in [0.3, 0.4) is 0 Å². The lowest BCUT2D eigenvalue weighted by Gasteiger charge is -2.54. The molecule has 3 N–H and O–H groups in total. The number of nitrogens with zero attached hydrogens (tertiary/aromatic N) is 1. The van der Waals surface area contributed by atoms with E-state index >= 15 is 0 Å². The van der Waals surface area contributed by atoms with Crippen LogP contribution in [0.15, 0.2) is 23.2 Å². The number of phenolic OH excluding ortho intramolecular Hbond substituents is 1. The molecule has 24 heavy (non-hydrogen) atoms. The Morgan fingerprint density at radius 1 is 1.46 bits per heavy atom. The van der Waals surface area contributed by atoms with Crippen LogP contribution >= 0.6 is 24.0 Å². The van der Waals surface area contributed by atoms with Crippen LogP contribution in [-0.4, -0.2) is 36.9 Å². The fourth-order valence-corrected chi connectivity index (χ4v) is 3.81. The summed E-state index contributed by atoms with van der Waals surface area (Å²) in [5.74, 6) is 0.273. The number of fused-ring (bicyclic) bond motifs is 1. The van der Waals surface area contributed by atoms with Gasteiger partial charge in [0.15, 0.2) is 17.5 Å². The second-order valence-corrected chi connectivity index (χ2v) is 6.90. The first-order valence-electron chi connectivity index (χ1n) is 7.99. The van der Waals surface area contributed by atoms with E-state index in [4.69, 9.17) is 4.74 Å². The molecule has 1 aromatic rings. The molecule has 0 aromatic heterocycles. The van der Waals surface area contributed by atoms with Gasteiger partial charge >= 0.3 is 0 Å². The predicted molar refractivity (Wildman–Crippen MR) is 102 cm³/mol. The molecular weight excluding hydrogens is 424 g/mol. The van der Waals surface area contributed by atoms with Crippen molar-refractivity contribution in [3.63, 3.8) is 0 Å². The van der Waals surface area contributed by atoms with Crippen LogP contribution in [0.4, 0.5) is 4.39 Å². The minimum atomic E-state index is -0.613. The van der Waals surface area contributed by atoms with E-state index in [1.165, 1.54) is 12.1 Å². The first-order chi connectivity index (χ1) is 10.9. The third-order valence-electron chi connectivity index (χ3n) is 5.09. The molecule has 2 fully saturated rings. The molecular formula is C17H25FIN3O2. The highest BCUT2D eigenvalue weighted by Crippen LogP contribution is 2.52. The van der Waals surface area contributed by atoms with Gasteiger partial charge in [0, 0.05) is 37.6 Å². The maximum absolute atomic E-state index is 13.4. The van der Waals surface area contributed by atoms with Crippen LogP contribution in [0.25, 0.3) is 0 Å². The molecule has 134 valence electrons. The van der Waals surface area contributed by atoms with Crippen LogP contribution in [-0.2, 0) is 11.3 Å². The van der Waals surface area contributed by atoms with Crippen molar-refractivity contribution in [1.29, 1.82) is 0 Å². The minimum absolute atomic E-state index is 0. The summed E-state index contributed by atoms with van der Waals surface area (Å²) in [6.07, 6.45) is 1.40. The second kappa shape index (κ2) is 7.43. The summed E-state index contributed by atoms with van der Waals surface area (Å²) in [6.45, 7) is 5.68. The van der Waals surface area contributed by atoms with Gasteiger partial charge in [-0.05, 0) is 24.1 Å². The number of benzene rings is 1. The van der Waals surface area contributed by atoms with Crippen molar-refractivity contribution >= 4 is 29.9 Å². The van der Waals surface area contributed by atoms with E-state index in [0.29, 0.717) is 30.6 Å². The zero-order valence-electron chi connectivity index (χ0n) is 14.2. The summed E-state index contributed by atoms with van der Waals surface area (Å²) >= 11 is 0. The van der Waals surface area contributed by atoms with Crippen molar-refractivity contribution < 1.29 is 14.2 Å². The average Bonchev–Trinajstić information content (AvgIpc) is 2.97. The third kappa shape index (κ3) is 3.46. The predicted octanol–water partition coefficient (Wildman–Crippen LogP) is 2.63. The molecule has 1 saturated carbocycles. The van der Waals surface area contributed by atoms with Crippen molar-refractivity contribution in [2.75, 3.05) is 13.7 Å². The highest BCUT2D eigenvalue weighted by Gasteiger charge is 2.59. The normalized spacial score (nSPS) is 27.7. The number of ether oxygens (including phenoxy) is 1. The molecule has 7 heteroatoms. The zero-order chi connectivity index (χ0) is 16.6. The van der Waals surface area contributed by atoms with E-state index in [1.807, 2.05) is 0 Å². The first-order valence-corrected chi connectivity index (χ1v) is 7.99. The Balaban J connectivity index is 0.00000208. The van der Waals surface area contributed by atoms with Crippen LogP contribution in [0, 0.1) is 17.2 Å². The molecule has 2 aliphatic rings. The molecule has 3 atom stereocenters. The maximum atomic E-state index is 13.4. The van der Waals surface area contributed by atoms with Gasteiger partial charge in [-0.25, -0.2) is 4.39 Å². The Labute approximate surface area is 159 Å². The van der Waals surface area contributed by atoms with Crippen LogP contribution < -0.4 is 10.6 Å². The number of rotatable bonds is 3. The Bertz CT molecular complexity index is 624. The molecule has 1 aromatic carbocycles. The van der Waals surface area contributed by atoms with Gasteiger partial charge < -0.3 is 20.5 Å². The number of phenols is 1. The lowest BCUT2D eigenvalue weighted by molar-refractivity contribution is -0.106. The Hall–Kier alpha value is -1.09. The third-order valence-corrected chi connectivity index (χ3v) is 5.09. The van der Waals surface area contributed by atoms with Gasteiger partial charge in [0.1, 0.15) is 0 Å². The van der Waals surface area contributed by atoms with E-state index in [2.05, 4.69) is 29.5 Å². The van der Waals surface area contributed by atoms with E-state index in [1.54, 1.807) is 13.1 Å². The lowest BCUT2D eigenvalue weighted by atomic mass is 9.57. The summed E-state index contributed by atoms with van der Waals surface area (Å²) < 4.78 is 19.2. The number of hydrogen-bond acceptors (Lipinski definition) is 3. The fraction of sp³-hybridized carbons (Fsp3) is 0.588. The molecule has 1 aliphatic heterocycles. The Morgan fingerprint density at radius 3 is 2.88 bits per heavy atom. The second-order valence-electron chi connectivity index (χ2n) is 6.90. The molecule has 0 radical (unpaired) electrons. The lowest BCUT2D eigenvalue weighted by Crippen LogP contribution is -2.67.